The van der Waals surface area contributed by atoms with Crippen LogP contribution in [0.5, 0.6) is 0 Å². The molecule has 1 fully saturated rings. The fraction of sp³-hybridized carbons (Fsp3) is 0.130. The molecule has 13 nitrogen and oxygen atoms in total. The van der Waals surface area contributed by atoms with Gasteiger partial charge >= 0.3 is 18.1 Å². The molecule has 1 saturated heterocycles. The van der Waals surface area contributed by atoms with E-state index in [9.17, 15) is 29.1 Å². The van der Waals surface area contributed by atoms with Crippen molar-refractivity contribution in [3.05, 3.63) is 77.0 Å². The van der Waals surface area contributed by atoms with E-state index in [0.29, 0.717) is 16.0 Å². The zero-order chi connectivity index (χ0) is 26.2. The van der Waals surface area contributed by atoms with Crippen LogP contribution in [0.2, 0.25) is 0 Å². The lowest BCUT2D eigenvalue weighted by Crippen LogP contribution is -2.50. The summed E-state index contributed by atoms with van der Waals surface area (Å²) in [6, 6.07) is 12.1. The molecule has 2 aromatic rings. The smallest absolute Gasteiger partial charge is 0.408 e. The molecule has 1 atom stereocenters. The summed E-state index contributed by atoms with van der Waals surface area (Å²) in [5, 5.41) is 23.2. The average Bonchev–Trinajstić information content (AvgIpc) is 3.10. The highest BCUT2D eigenvalue weighted by Crippen LogP contribution is 2.15. The van der Waals surface area contributed by atoms with Gasteiger partial charge in [-0.2, -0.15) is 0 Å². The summed E-state index contributed by atoms with van der Waals surface area (Å²) in [6.07, 6.45) is 0.312. The Morgan fingerprint density at radius 2 is 1.78 bits per heavy atom. The van der Waals surface area contributed by atoms with Gasteiger partial charge in [0, 0.05) is 5.56 Å². The summed E-state index contributed by atoms with van der Waals surface area (Å²) in [7, 11) is 0. The van der Waals surface area contributed by atoms with Gasteiger partial charge in [0.15, 0.2) is 5.96 Å². The van der Waals surface area contributed by atoms with Crippen LogP contribution in [0.4, 0.5) is 9.59 Å². The molecule has 0 aliphatic carbocycles. The Bertz CT molecular complexity index is 1230. The van der Waals surface area contributed by atoms with E-state index in [1.807, 2.05) is 0 Å². The number of hydrogen-bond acceptors (Lipinski definition) is 7. The highest BCUT2D eigenvalue weighted by molar-refractivity contribution is 6.14. The predicted molar refractivity (Wildman–Crippen MR) is 125 cm³/mol. The largest absolute Gasteiger partial charge is 0.480 e. The number of guanidine groups is 1. The second-order valence-electron chi connectivity index (χ2n) is 7.49. The maximum atomic E-state index is 12.7. The van der Waals surface area contributed by atoms with Crippen LogP contribution < -0.4 is 21.7 Å². The molecule has 36 heavy (non-hydrogen) atoms. The third kappa shape index (κ3) is 6.66. The van der Waals surface area contributed by atoms with Gasteiger partial charge in [-0.1, -0.05) is 42.5 Å². The number of rotatable bonds is 8. The SMILES string of the molecule is N=C(N)NC(=O)c1ccc(/C=C2/NC(=O)N(C[C@H](NC(=O)OCc3ccccc3)C(=O)O)C2=O)cc1. The number of nitrogens with one attached hydrogen (secondary N) is 4. The highest BCUT2D eigenvalue weighted by atomic mass is 16.5. The first-order valence-electron chi connectivity index (χ1n) is 10.4. The van der Waals surface area contributed by atoms with Crippen molar-refractivity contribution in [3.63, 3.8) is 0 Å². The van der Waals surface area contributed by atoms with Crippen LogP contribution >= 0.6 is 0 Å². The molecule has 0 aromatic heterocycles. The number of imide groups is 1. The molecule has 5 amide bonds. The molecule has 0 radical (unpaired) electrons. The molecular formula is C23H22N6O7. The minimum absolute atomic E-state index is 0.0930. The van der Waals surface area contributed by atoms with Crippen molar-refractivity contribution in [1.82, 2.24) is 20.9 Å². The number of amides is 5. The Labute approximate surface area is 204 Å². The number of urea groups is 1. The second-order valence-corrected chi connectivity index (χ2v) is 7.49. The van der Waals surface area contributed by atoms with Crippen molar-refractivity contribution in [1.29, 1.82) is 5.41 Å². The average molecular weight is 494 g/mol. The highest BCUT2D eigenvalue weighted by Gasteiger charge is 2.37. The number of carboxylic acid groups (broad SMARTS) is 1. The normalized spacial score (nSPS) is 14.7. The Morgan fingerprint density at radius 1 is 1.11 bits per heavy atom. The van der Waals surface area contributed by atoms with Gasteiger partial charge in [0.2, 0.25) is 0 Å². The van der Waals surface area contributed by atoms with Crippen LogP contribution in [0.25, 0.3) is 6.08 Å². The van der Waals surface area contributed by atoms with Gasteiger partial charge in [0.05, 0.1) is 6.54 Å². The Hall–Kier alpha value is -5.20. The van der Waals surface area contributed by atoms with E-state index in [-0.39, 0.29) is 17.9 Å². The first-order chi connectivity index (χ1) is 17.1. The van der Waals surface area contributed by atoms with Crippen LogP contribution in [-0.2, 0) is 20.9 Å². The lowest BCUT2D eigenvalue weighted by molar-refractivity contribution is -0.140. The first-order valence-corrected chi connectivity index (χ1v) is 10.4. The predicted octanol–water partition coefficient (Wildman–Crippen LogP) is 0.582. The number of benzene rings is 2. The van der Waals surface area contributed by atoms with Crippen LogP contribution in [-0.4, -0.2) is 58.5 Å². The third-order valence-electron chi connectivity index (χ3n) is 4.86. The van der Waals surface area contributed by atoms with Crippen LogP contribution in [0.1, 0.15) is 21.5 Å². The number of ether oxygens (including phenoxy) is 1. The fourth-order valence-corrected chi connectivity index (χ4v) is 3.10. The third-order valence-corrected chi connectivity index (χ3v) is 4.86. The van der Waals surface area contributed by atoms with Crippen molar-refractivity contribution in [2.24, 2.45) is 5.73 Å². The van der Waals surface area contributed by atoms with Gasteiger partial charge < -0.3 is 26.2 Å². The zero-order valence-corrected chi connectivity index (χ0v) is 18.7. The summed E-state index contributed by atoms with van der Waals surface area (Å²) in [5.74, 6) is -3.37. The minimum Gasteiger partial charge on any atom is -0.480 e. The maximum absolute atomic E-state index is 12.7. The fourth-order valence-electron chi connectivity index (χ4n) is 3.10. The van der Waals surface area contributed by atoms with Crippen molar-refractivity contribution >= 4 is 41.9 Å². The Kier molecular flexibility index (Phi) is 7.97. The summed E-state index contributed by atoms with van der Waals surface area (Å²) in [4.78, 5) is 61.2. The van der Waals surface area contributed by atoms with Crippen LogP contribution in [0, 0.1) is 5.41 Å². The Morgan fingerprint density at radius 3 is 2.39 bits per heavy atom. The molecule has 0 unspecified atom stereocenters. The molecule has 1 aliphatic rings. The monoisotopic (exact) mass is 494 g/mol. The van der Waals surface area contributed by atoms with E-state index in [4.69, 9.17) is 15.9 Å². The number of alkyl carbamates (subject to hydrolysis) is 1. The topological polar surface area (TPSA) is 204 Å². The number of carbonyl (C=O) groups is 5. The van der Waals surface area contributed by atoms with Gasteiger partial charge in [-0.05, 0) is 29.3 Å². The molecule has 1 aliphatic heterocycles. The Balaban J connectivity index is 1.63. The molecule has 1 heterocycles. The van der Waals surface area contributed by atoms with E-state index in [1.165, 1.54) is 30.3 Å². The van der Waals surface area contributed by atoms with Gasteiger partial charge in [-0.3, -0.25) is 25.2 Å². The zero-order valence-electron chi connectivity index (χ0n) is 18.7. The molecule has 0 bridgehead atoms. The van der Waals surface area contributed by atoms with E-state index < -0.39 is 48.5 Å². The van der Waals surface area contributed by atoms with Gasteiger partial charge in [0.25, 0.3) is 11.8 Å². The number of carbonyl (C=O) groups excluding carboxylic acids is 4. The number of nitrogens with two attached hydrogens (primary N) is 1. The summed E-state index contributed by atoms with van der Waals surface area (Å²) >= 11 is 0. The van der Waals surface area contributed by atoms with E-state index in [0.717, 1.165) is 0 Å². The standard InChI is InChI=1S/C23H22N6O7/c24-21(25)28-18(30)15-8-6-13(7-9-15)10-16-19(31)29(22(34)26-16)11-17(20(32)33)27-23(35)36-12-14-4-2-1-3-5-14/h1-10,17H,11-12H2,(H,26,34)(H,27,35)(H,32,33)(H4,24,25,28,30)/b16-10+/t17-/m0/s1. The molecule has 186 valence electrons. The quantitative estimate of drug-likeness (QED) is 0.132. The van der Waals surface area contributed by atoms with Crippen LogP contribution in [0.15, 0.2) is 60.3 Å². The summed E-state index contributed by atoms with van der Waals surface area (Å²) in [6.45, 7) is -0.730. The molecular weight excluding hydrogens is 472 g/mol. The van der Waals surface area contributed by atoms with Crippen molar-refractivity contribution in [2.45, 2.75) is 12.6 Å². The maximum Gasteiger partial charge on any atom is 0.408 e. The van der Waals surface area contributed by atoms with E-state index in [1.54, 1.807) is 30.3 Å². The molecule has 13 heteroatoms. The summed E-state index contributed by atoms with van der Waals surface area (Å²) < 4.78 is 5.00. The number of hydrogen-bond donors (Lipinski definition) is 6. The van der Waals surface area contributed by atoms with Crippen molar-refractivity contribution < 1.29 is 33.8 Å². The second kappa shape index (κ2) is 11.3. The van der Waals surface area contributed by atoms with Crippen LogP contribution in [0.3, 0.4) is 0 Å². The first kappa shape index (κ1) is 25.4. The molecule has 0 spiro atoms. The molecule has 0 saturated carbocycles. The summed E-state index contributed by atoms with van der Waals surface area (Å²) in [5.41, 5.74) is 6.35. The molecule has 2 aromatic carbocycles. The number of nitrogens with zero attached hydrogens (tertiary/aromatic N) is 1. The van der Waals surface area contributed by atoms with Gasteiger partial charge in [-0.25, -0.2) is 14.4 Å². The van der Waals surface area contributed by atoms with Gasteiger partial charge in [0.1, 0.15) is 18.3 Å². The van der Waals surface area contributed by atoms with E-state index >= 15 is 0 Å². The van der Waals surface area contributed by atoms with E-state index in [2.05, 4.69) is 16.0 Å². The van der Waals surface area contributed by atoms with Gasteiger partial charge in [-0.15, -0.1) is 0 Å². The number of carboxylic acids is 1. The molecule has 3 rings (SSSR count). The molecule has 7 N–H and O–H groups in total. The lowest BCUT2D eigenvalue weighted by atomic mass is 10.1. The number of aliphatic carboxylic acids is 1. The van der Waals surface area contributed by atoms with Crippen molar-refractivity contribution in [2.75, 3.05) is 6.54 Å². The van der Waals surface area contributed by atoms with Crippen molar-refractivity contribution in [3.8, 4) is 0 Å². The minimum atomic E-state index is -1.61. The lowest BCUT2D eigenvalue weighted by Gasteiger charge is -2.19.